The van der Waals surface area contributed by atoms with E-state index in [0.717, 1.165) is 17.3 Å². The van der Waals surface area contributed by atoms with Crippen molar-refractivity contribution < 1.29 is 9.63 Å². The SMILES string of the molecule is O=C(c1ccc(Br)cn1)N1CCCCO1. The second-order valence-corrected chi connectivity index (χ2v) is 4.22. The van der Waals surface area contributed by atoms with E-state index in [1.54, 1.807) is 18.3 Å². The van der Waals surface area contributed by atoms with E-state index in [2.05, 4.69) is 20.9 Å². The maximum Gasteiger partial charge on any atom is 0.295 e. The van der Waals surface area contributed by atoms with Gasteiger partial charge in [0.1, 0.15) is 5.69 Å². The maximum absolute atomic E-state index is 11.8. The smallest absolute Gasteiger partial charge is 0.271 e. The fraction of sp³-hybridized carbons (Fsp3) is 0.400. The Morgan fingerprint density at radius 3 is 2.93 bits per heavy atom. The van der Waals surface area contributed by atoms with Gasteiger partial charge in [-0.2, -0.15) is 0 Å². The molecule has 5 heteroatoms. The first-order chi connectivity index (χ1) is 7.27. The van der Waals surface area contributed by atoms with Crippen molar-refractivity contribution in [1.29, 1.82) is 0 Å². The van der Waals surface area contributed by atoms with Crippen LogP contribution in [0.3, 0.4) is 0 Å². The van der Waals surface area contributed by atoms with Gasteiger partial charge in [0.05, 0.1) is 6.61 Å². The third kappa shape index (κ3) is 2.54. The molecule has 0 aromatic carbocycles. The second-order valence-electron chi connectivity index (χ2n) is 3.31. The Morgan fingerprint density at radius 1 is 1.47 bits per heavy atom. The monoisotopic (exact) mass is 270 g/mol. The minimum Gasteiger partial charge on any atom is -0.271 e. The van der Waals surface area contributed by atoms with Crippen molar-refractivity contribution in [3.05, 3.63) is 28.5 Å². The molecule has 0 saturated carbocycles. The molecule has 80 valence electrons. The summed E-state index contributed by atoms with van der Waals surface area (Å²) in [5, 5.41) is 1.39. The Labute approximate surface area is 96.3 Å². The van der Waals surface area contributed by atoms with Gasteiger partial charge in [-0.05, 0) is 40.9 Å². The van der Waals surface area contributed by atoms with Crippen molar-refractivity contribution >= 4 is 21.8 Å². The summed E-state index contributed by atoms with van der Waals surface area (Å²) in [4.78, 5) is 21.1. The minimum absolute atomic E-state index is 0.165. The molecular weight excluding hydrogens is 260 g/mol. The number of carbonyl (C=O) groups is 1. The van der Waals surface area contributed by atoms with E-state index in [9.17, 15) is 4.79 Å². The van der Waals surface area contributed by atoms with Crippen LogP contribution in [0, 0.1) is 0 Å². The Morgan fingerprint density at radius 2 is 2.33 bits per heavy atom. The molecule has 1 aliphatic rings. The highest BCUT2D eigenvalue weighted by atomic mass is 79.9. The van der Waals surface area contributed by atoms with Crippen LogP contribution in [0.1, 0.15) is 23.3 Å². The van der Waals surface area contributed by atoms with Gasteiger partial charge in [-0.3, -0.25) is 9.63 Å². The summed E-state index contributed by atoms with van der Waals surface area (Å²) in [6.07, 6.45) is 3.61. The van der Waals surface area contributed by atoms with Crippen molar-refractivity contribution in [1.82, 2.24) is 10.0 Å². The molecule has 0 aliphatic carbocycles. The van der Waals surface area contributed by atoms with E-state index in [1.165, 1.54) is 5.06 Å². The zero-order valence-electron chi connectivity index (χ0n) is 8.15. The number of pyridine rings is 1. The molecule has 1 amide bonds. The first-order valence-electron chi connectivity index (χ1n) is 4.84. The van der Waals surface area contributed by atoms with Gasteiger partial charge in [0.25, 0.3) is 5.91 Å². The Kier molecular flexibility index (Phi) is 3.33. The van der Waals surface area contributed by atoms with E-state index < -0.39 is 0 Å². The molecule has 2 heterocycles. The van der Waals surface area contributed by atoms with Gasteiger partial charge in [-0.15, -0.1) is 0 Å². The second kappa shape index (κ2) is 4.72. The highest BCUT2D eigenvalue weighted by molar-refractivity contribution is 9.10. The summed E-state index contributed by atoms with van der Waals surface area (Å²) in [6, 6.07) is 3.48. The summed E-state index contributed by atoms with van der Waals surface area (Å²) >= 11 is 3.27. The normalized spacial score (nSPS) is 16.5. The largest absolute Gasteiger partial charge is 0.295 e. The van der Waals surface area contributed by atoms with Crippen molar-refractivity contribution in [3.63, 3.8) is 0 Å². The van der Waals surface area contributed by atoms with Gasteiger partial charge >= 0.3 is 0 Å². The van der Waals surface area contributed by atoms with Gasteiger partial charge in [0.2, 0.25) is 0 Å². The number of nitrogens with zero attached hydrogens (tertiary/aromatic N) is 2. The lowest BCUT2D eigenvalue weighted by Crippen LogP contribution is -2.36. The van der Waals surface area contributed by atoms with Gasteiger partial charge in [-0.1, -0.05) is 0 Å². The Bertz CT molecular complexity index is 347. The lowest BCUT2D eigenvalue weighted by atomic mass is 10.3. The molecule has 1 fully saturated rings. The molecule has 0 spiro atoms. The number of hydrogen-bond donors (Lipinski definition) is 0. The number of carbonyl (C=O) groups excluding carboxylic acids is 1. The highest BCUT2D eigenvalue weighted by Gasteiger charge is 2.20. The summed E-state index contributed by atoms with van der Waals surface area (Å²) in [5.74, 6) is -0.165. The topological polar surface area (TPSA) is 42.4 Å². The number of halogens is 1. The molecule has 0 radical (unpaired) electrons. The molecule has 2 rings (SSSR count). The van der Waals surface area contributed by atoms with Gasteiger partial charge in [0, 0.05) is 17.2 Å². The van der Waals surface area contributed by atoms with Crippen molar-refractivity contribution in [2.45, 2.75) is 12.8 Å². The predicted octanol–water partition coefficient (Wildman–Crippen LogP) is 2.01. The van der Waals surface area contributed by atoms with Gasteiger partial charge in [-0.25, -0.2) is 10.0 Å². The van der Waals surface area contributed by atoms with E-state index in [1.807, 2.05) is 0 Å². The Hall–Kier alpha value is -0.940. The van der Waals surface area contributed by atoms with E-state index >= 15 is 0 Å². The van der Waals surface area contributed by atoms with Crippen LogP contribution in [0.4, 0.5) is 0 Å². The molecule has 1 aromatic heterocycles. The molecule has 4 nitrogen and oxygen atoms in total. The maximum atomic E-state index is 11.8. The molecular formula is C10H11BrN2O2. The Balaban J connectivity index is 2.09. The van der Waals surface area contributed by atoms with Crippen LogP contribution in [-0.4, -0.2) is 29.1 Å². The third-order valence-electron chi connectivity index (χ3n) is 2.18. The van der Waals surface area contributed by atoms with Crippen LogP contribution < -0.4 is 0 Å². The third-order valence-corrected chi connectivity index (χ3v) is 2.64. The zero-order valence-corrected chi connectivity index (χ0v) is 9.74. The average Bonchev–Trinajstić information content (AvgIpc) is 2.30. The zero-order chi connectivity index (χ0) is 10.7. The fourth-order valence-electron chi connectivity index (χ4n) is 1.39. The minimum atomic E-state index is -0.165. The molecule has 0 bridgehead atoms. The summed E-state index contributed by atoms with van der Waals surface area (Å²) in [5.41, 5.74) is 0.417. The first-order valence-corrected chi connectivity index (χ1v) is 5.63. The molecule has 15 heavy (non-hydrogen) atoms. The molecule has 0 unspecified atom stereocenters. The molecule has 0 N–H and O–H groups in total. The number of rotatable bonds is 1. The number of hydroxylamine groups is 2. The summed E-state index contributed by atoms with van der Waals surface area (Å²) < 4.78 is 0.860. The summed E-state index contributed by atoms with van der Waals surface area (Å²) in [7, 11) is 0. The lowest BCUT2D eigenvalue weighted by molar-refractivity contribution is -0.144. The molecule has 0 atom stereocenters. The molecule has 1 saturated heterocycles. The van der Waals surface area contributed by atoms with Crippen LogP contribution >= 0.6 is 15.9 Å². The molecule has 1 aliphatic heterocycles. The lowest BCUT2D eigenvalue weighted by Gasteiger charge is -2.25. The first kappa shape index (κ1) is 10.6. The van der Waals surface area contributed by atoms with E-state index in [4.69, 9.17) is 4.84 Å². The van der Waals surface area contributed by atoms with Gasteiger partial charge in [0.15, 0.2) is 0 Å². The number of hydrogen-bond acceptors (Lipinski definition) is 3. The van der Waals surface area contributed by atoms with Crippen LogP contribution in [-0.2, 0) is 4.84 Å². The van der Waals surface area contributed by atoms with Gasteiger partial charge < -0.3 is 0 Å². The highest BCUT2D eigenvalue weighted by Crippen LogP contribution is 2.12. The number of aromatic nitrogens is 1. The van der Waals surface area contributed by atoms with Crippen molar-refractivity contribution in [3.8, 4) is 0 Å². The van der Waals surface area contributed by atoms with E-state index in [0.29, 0.717) is 18.8 Å². The van der Waals surface area contributed by atoms with Crippen LogP contribution in [0.25, 0.3) is 0 Å². The van der Waals surface area contributed by atoms with Crippen molar-refractivity contribution in [2.24, 2.45) is 0 Å². The predicted molar refractivity (Wildman–Crippen MR) is 58.2 cm³/mol. The fourth-order valence-corrected chi connectivity index (χ4v) is 1.62. The summed E-state index contributed by atoms with van der Waals surface area (Å²) in [6.45, 7) is 1.26. The van der Waals surface area contributed by atoms with Crippen LogP contribution in [0.5, 0.6) is 0 Å². The van der Waals surface area contributed by atoms with Crippen LogP contribution in [0.2, 0.25) is 0 Å². The van der Waals surface area contributed by atoms with Crippen molar-refractivity contribution in [2.75, 3.05) is 13.2 Å². The quantitative estimate of drug-likeness (QED) is 0.784. The average molecular weight is 271 g/mol. The molecule has 1 aromatic rings. The standard InChI is InChI=1S/C10H11BrN2O2/c11-8-3-4-9(12-7-8)10(14)13-5-1-2-6-15-13/h3-4,7H,1-2,5-6H2. The van der Waals surface area contributed by atoms with E-state index in [-0.39, 0.29) is 5.91 Å². The number of amides is 1. The van der Waals surface area contributed by atoms with Crippen LogP contribution in [0.15, 0.2) is 22.8 Å².